The zero-order chi connectivity index (χ0) is 39.5. The predicted molar refractivity (Wildman–Crippen MR) is 245 cm³/mol. The molecule has 0 N–H and O–H groups in total. The van der Waals surface area contributed by atoms with Gasteiger partial charge >= 0.3 is 0 Å². The van der Waals surface area contributed by atoms with Crippen LogP contribution in [0.2, 0.25) is 0 Å². The van der Waals surface area contributed by atoms with E-state index in [0.29, 0.717) is 5.39 Å². The fourth-order valence-electron chi connectivity index (χ4n) is 8.60. The molecule has 0 fully saturated rings. The molecule has 0 aliphatic carbocycles. The molecule has 280 valence electrons. The molecule has 11 rings (SSSR count). The maximum Gasteiger partial charge on any atom is 0.148 e. The van der Waals surface area contributed by atoms with Gasteiger partial charge in [-0.1, -0.05) is 127 Å². The van der Waals surface area contributed by atoms with Gasteiger partial charge in [-0.3, -0.25) is 0 Å². The molecule has 0 aliphatic rings. The summed E-state index contributed by atoms with van der Waals surface area (Å²) in [6.07, 6.45) is 0. The van der Waals surface area contributed by atoms with Gasteiger partial charge in [0.2, 0.25) is 0 Å². The predicted octanol–water partition coefficient (Wildman–Crippen LogP) is 15.9. The van der Waals surface area contributed by atoms with Gasteiger partial charge in [-0.2, -0.15) is 0 Å². The van der Waals surface area contributed by atoms with Gasteiger partial charge < -0.3 is 9.47 Å². The minimum Gasteiger partial charge on any atom is -0.311 e. The highest BCUT2D eigenvalue weighted by Gasteiger charge is 2.20. The average molecular weight is 781 g/mol. The van der Waals surface area contributed by atoms with Crippen LogP contribution in [-0.2, 0) is 0 Å². The van der Waals surface area contributed by atoms with Crippen molar-refractivity contribution in [3.63, 3.8) is 0 Å². The summed E-state index contributed by atoms with van der Waals surface area (Å²) in [4.78, 5) is 2.29. The minimum absolute atomic E-state index is 0.235. The van der Waals surface area contributed by atoms with Crippen molar-refractivity contribution in [3.8, 4) is 39.1 Å². The van der Waals surface area contributed by atoms with E-state index in [4.69, 9.17) is 0 Å². The molecule has 0 atom stereocenters. The Labute approximate surface area is 344 Å². The number of thiophene rings is 1. The Morgan fingerprint density at radius 1 is 0.390 bits per heavy atom. The van der Waals surface area contributed by atoms with Gasteiger partial charge in [0, 0.05) is 53.7 Å². The molecule has 59 heavy (non-hydrogen) atoms. The number of aromatic nitrogens is 1. The van der Waals surface area contributed by atoms with E-state index in [1.165, 1.54) is 49.0 Å². The number of anilines is 3. The number of hydrogen-bond donors (Lipinski definition) is 0. The molecule has 0 bridgehead atoms. The standard InChI is InChI=1S/C54H34F2N2S/c55-47-32-33-48(56)54-53(47)45-14-4-6-17-49(45)58(54)43-13-8-12-39(34-43)37-22-28-41(29-23-37)57(40-26-20-36(21-27-40)35-10-2-1-3-11-35)42-30-24-38(25-31-42)44-16-9-19-51-52(44)46-15-5-7-18-50(46)59-51/h1-34H. The highest BCUT2D eigenvalue weighted by molar-refractivity contribution is 7.25. The summed E-state index contributed by atoms with van der Waals surface area (Å²) in [5.41, 5.74) is 11.5. The van der Waals surface area contributed by atoms with Gasteiger partial charge in [0.1, 0.15) is 11.6 Å². The zero-order valence-electron chi connectivity index (χ0n) is 31.7. The van der Waals surface area contributed by atoms with Crippen molar-refractivity contribution in [1.29, 1.82) is 0 Å². The van der Waals surface area contributed by atoms with Crippen LogP contribution in [-0.4, -0.2) is 4.57 Å². The van der Waals surface area contributed by atoms with Crippen LogP contribution in [0, 0.1) is 11.6 Å². The molecule has 9 aromatic carbocycles. The SMILES string of the molecule is Fc1ccc(F)c2c1c1ccccc1n2-c1cccc(-c2ccc(N(c3ccc(-c4ccccc4)cc3)c3ccc(-c4cccc5sc6ccccc6c45)cc3)cc2)c1. The summed E-state index contributed by atoms with van der Waals surface area (Å²) in [6.45, 7) is 0. The lowest BCUT2D eigenvalue weighted by Crippen LogP contribution is -2.09. The quantitative estimate of drug-likeness (QED) is 0.156. The lowest BCUT2D eigenvalue weighted by molar-refractivity contribution is 0.615. The summed E-state index contributed by atoms with van der Waals surface area (Å²) in [5.74, 6) is -0.903. The first kappa shape index (κ1) is 34.9. The van der Waals surface area contributed by atoms with Crippen LogP contribution in [0.4, 0.5) is 25.8 Å². The van der Waals surface area contributed by atoms with E-state index < -0.39 is 11.6 Å². The van der Waals surface area contributed by atoms with Gasteiger partial charge in [-0.05, 0) is 112 Å². The second-order valence-corrected chi connectivity index (χ2v) is 15.9. The highest BCUT2D eigenvalue weighted by atomic mass is 32.1. The summed E-state index contributed by atoms with van der Waals surface area (Å²) in [5, 5.41) is 3.55. The molecule has 0 saturated carbocycles. The molecule has 0 radical (unpaired) electrons. The fraction of sp³-hybridized carbons (Fsp3) is 0. The van der Waals surface area contributed by atoms with E-state index >= 15 is 8.78 Å². The highest BCUT2D eigenvalue weighted by Crippen LogP contribution is 2.42. The molecular formula is C54H34F2N2S. The van der Waals surface area contributed by atoms with Crippen molar-refractivity contribution >= 4 is 70.4 Å². The van der Waals surface area contributed by atoms with Crippen molar-refractivity contribution in [2.24, 2.45) is 0 Å². The molecule has 0 saturated heterocycles. The third-order valence-corrected chi connectivity index (χ3v) is 12.5. The third-order valence-electron chi connectivity index (χ3n) is 11.4. The average Bonchev–Trinajstić information content (AvgIpc) is 3.86. The van der Waals surface area contributed by atoms with Crippen molar-refractivity contribution in [2.75, 3.05) is 4.90 Å². The molecule has 0 unspecified atom stereocenters. The topological polar surface area (TPSA) is 8.17 Å². The number of para-hydroxylation sites is 1. The number of nitrogens with zero attached hydrogens (tertiary/aromatic N) is 2. The van der Waals surface area contributed by atoms with E-state index in [1.54, 1.807) is 0 Å². The lowest BCUT2D eigenvalue weighted by Gasteiger charge is -2.26. The first-order valence-corrected chi connectivity index (χ1v) is 20.4. The Hall–Kier alpha value is -7.34. The van der Waals surface area contributed by atoms with Crippen LogP contribution >= 0.6 is 11.3 Å². The normalized spacial score (nSPS) is 11.6. The van der Waals surface area contributed by atoms with Crippen LogP contribution in [0.3, 0.4) is 0 Å². The van der Waals surface area contributed by atoms with Crippen LogP contribution in [0.5, 0.6) is 0 Å². The maximum atomic E-state index is 15.5. The molecule has 2 nitrogen and oxygen atoms in total. The van der Waals surface area contributed by atoms with Crippen molar-refractivity contribution in [1.82, 2.24) is 4.57 Å². The van der Waals surface area contributed by atoms with E-state index in [-0.39, 0.29) is 10.9 Å². The van der Waals surface area contributed by atoms with Gasteiger partial charge in [-0.25, -0.2) is 8.78 Å². The zero-order valence-corrected chi connectivity index (χ0v) is 32.5. The molecule has 0 spiro atoms. The second-order valence-electron chi connectivity index (χ2n) is 14.8. The maximum absolute atomic E-state index is 15.5. The van der Waals surface area contributed by atoms with E-state index in [1.807, 2.05) is 64.4 Å². The van der Waals surface area contributed by atoms with Crippen molar-refractivity contribution in [3.05, 3.63) is 218 Å². The molecule has 5 heteroatoms. The Morgan fingerprint density at radius 3 is 1.66 bits per heavy atom. The second kappa shape index (κ2) is 14.2. The molecule has 0 amide bonds. The Balaban J connectivity index is 0.985. The third kappa shape index (κ3) is 5.98. The largest absolute Gasteiger partial charge is 0.311 e. The lowest BCUT2D eigenvalue weighted by atomic mass is 9.99. The van der Waals surface area contributed by atoms with Crippen molar-refractivity contribution in [2.45, 2.75) is 0 Å². The number of hydrogen-bond acceptors (Lipinski definition) is 2. The molecule has 2 heterocycles. The summed E-state index contributed by atoms with van der Waals surface area (Å²) in [6, 6.07) is 69.7. The Bertz CT molecular complexity index is 3330. The number of halogens is 2. The molecule has 11 aromatic rings. The molecule has 0 aliphatic heterocycles. The van der Waals surface area contributed by atoms with Gasteiger partial charge in [-0.15, -0.1) is 11.3 Å². The van der Waals surface area contributed by atoms with Gasteiger partial charge in [0.25, 0.3) is 0 Å². The summed E-state index contributed by atoms with van der Waals surface area (Å²) < 4.78 is 35.1. The van der Waals surface area contributed by atoms with Crippen LogP contribution < -0.4 is 4.90 Å². The van der Waals surface area contributed by atoms with Crippen molar-refractivity contribution < 1.29 is 8.78 Å². The van der Waals surface area contributed by atoms with E-state index in [2.05, 4.69) is 150 Å². The minimum atomic E-state index is -0.464. The van der Waals surface area contributed by atoms with Crippen LogP contribution in [0.15, 0.2) is 206 Å². The van der Waals surface area contributed by atoms with Crippen LogP contribution in [0.25, 0.3) is 81.0 Å². The van der Waals surface area contributed by atoms with Crippen LogP contribution in [0.1, 0.15) is 0 Å². The number of benzene rings is 9. The Morgan fingerprint density at radius 2 is 0.932 bits per heavy atom. The Kier molecular flexibility index (Phi) is 8.42. The monoisotopic (exact) mass is 780 g/mol. The fourth-order valence-corrected chi connectivity index (χ4v) is 9.73. The molecule has 2 aromatic heterocycles. The van der Waals surface area contributed by atoms with E-state index in [0.717, 1.165) is 45.0 Å². The number of rotatable bonds is 7. The smallest absolute Gasteiger partial charge is 0.148 e. The first-order chi connectivity index (χ1) is 29.1. The molecular weight excluding hydrogens is 747 g/mol. The number of fused-ring (bicyclic) bond motifs is 6. The first-order valence-electron chi connectivity index (χ1n) is 19.6. The van der Waals surface area contributed by atoms with Gasteiger partial charge in [0.15, 0.2) is 0 Å². The van der Waals surface area contributed by atoms with Gasteiger partial charge in [0.05, 0.1) is 11.0 Å². The summed E-state index contributed by atoms with van der Waals surface area (Å²) in [7, 11) is 0. The van der Waals surface area contributed by atoms with E-state index in [9.17, 15) is 0 Å². The summed E-state index contributed by atoms with van der Waals surface area (Å²) >= 11 is 1.84.